The van der Waals surface area contributed by atoms with E-state index in [-0.39, 0.29) is 18.1 Å². The first-order valence-electron chi connectivity index (χ1n) is 13.9. The van der Waals surface area contributed by atoms with E-state index in [9.17, 15) is 14.4 Å². The Kier molecular flexibility index (Phi) is 8.40. The Balaban J connectivity index is 1.54. The van der Waals surface area contributed by atoms with Gasteiger partial charge in [0.15, 0.2) is 0 Å². The summed E-state index contributed by atoms with van der Waals surface area (Å²) in [7, 11) is 1.45. The van der Waals surface area contributed by atoms with Crippen LogP contribution in [0.5, 0.6) is 5.75 Å². The second kappa shape index (κ2) is 12.4. The second-order valence-electron chi connectivity index (χ2n) is 10.5. The van der Waals surface area contributed by atoms with Crippen LogP contribution in [0, 0.1) is 13.8 Å². The molecule has 0 saturated heterocycles. The predicted molar refractivity (Wildman–Crippen MR) is 165 cm³/mol. The molecule has 5 rings (SSSR count). The maximum absolute atomic E-state index is 14.3. The molecular weight excluding hydrogens is 562 g/mol. The lowest BCUT2D eigenvalue weighted by Crippen LogP contribution is -2.46. The van der Waals surface area contributed by atoms with E-state index in [1.54, 1.807) is 41.4 Å². The van der Waals surface area contributed by atoms with Crippen molar-refractivity contribution in [3.05, 3.63) is 105 Å². The van der Waals surface area contributed by atoms with Crippen molar-refractivity contribution >= 4 is 17.5 Å². The summed E-state index contributed by atoms with van der Waals surface area (Å²) < 4.78 is 6.65. The highest BCUT2D eigenvalue weighted by Crippen LogP contribution is 2.33. The van der Waals surface area contributed by atoms with Crippen LogP contribution in [0.3, 0.4) is 0 Å². The number of hydrogen-bond donors (Lipinski definition) is 4. The summed E-state index contributed by atoms with van der Waals surface area (Å²) in [6.45, 7) is 5.56. The topological polar surface area (TPSA) is 191 Å². The van der Waals surface area contributed by atoms with Gasteiger partial charge in [-0.2, -0.15) is 4.68 Å². The molecule has 2 aromatic heterocycles. The minimum atomic E-state index is -0.957. The predicted octanol–water partition coefficient (Wildman–Crippen LogP) is 2.73. The number of aryl methyl sites for hydroxylation is 2. The quantitative estimate of drug-likeness (QED) is 0.189. The van der Waals surface area contributed by atoms with E-state index in [1.807, 2.05) is 51.1 Å². The number of carbonyl (C=O) groups is 2. The number of imidazole rings is 1. The van der Waals surface area contributed by atoms with Crippen LogP contribution >= 0.6 is 0 Å². The third kappa shape index (κ3) is 5.85. The zero-order valence-electron chi connectivity index (χ0n) is 24.7. The van der Waals surface area contributed by atoms with Crippen molar-refractivity contribution in [1.82, 2.24) is 30.2 Å². The average Bonchev–Trinajstić information content (AvgIpc) is 3.68. The van der Waals surface area contributed by atoms with Crippen molar-refractivity contribution in [2.75, 3.05) is 12.0 Å². The van der Waals surface area contributed by atoms with Gasteiger partial charge in [0.25, 0.3) is 0 Å². The van der Waals surface area contributed by atoms with Gasteiger partial charge in [0.1, 0.15) is 17.3 Å². The molecule has 226 valence electrons. The summed E-state index contributed by atoms with van der Waals surface area (Å²) >= 11 is 0. The number of tetrazole rings is 1. The number of aromatic nitrogens is 6. The molecule has 2 amide bonds. The third-order valence-corrected chi connectivity index (χ3v) is 7.56. The SMILES string of the molecule is COc1cc(N(C(=O)[C@@H](N)Cc2c(C)cc(C(N)=O)cc2C)[C@@H](C)c2ncc(-c3ccccc3)[nH]2)ccc1-n1nn[nH]c1=O. The fraction of sp³-hybridized carbons (Fsp3) is 0.226. The van der Waals surface area contributed by atoms with Crippen molar-refractivity contribution in [3.63, 3.8) is 0 Å². The Morgan fingerprint density at radius 3 is 2.39 bits per heavy atom. The van der Waals surface area contributed by atoms with Crippen LogP contribution in [-0.4, -0.2) is 55.1 Å². The Labute approximate surface area is 252 Å². The number of methoxy groups -OCH3 is 1. The number of benzene rings is 3. The van der Waals surface area contributed by atoms with Crippen molar-refractivity contribution in [2.45, 2.75) is 39.3 Å². The normalized spacial score (nSPS) is 12.5. The molecule has 3 aromatic carbocycles. The van der Waals surface area contributed by atoms with Gasteiger partial charge < -0.3 is 26.1 Å². The van der Waals surface area contributed by atoms with Crippen LogP contribution in [0.15, 0.2) is 71.7 Å². The third-order valence-electron chi connectivity index (χ3n) is 7.56. The number of amides is 2. The zero-order valence-corrected chi connectivity index (χ0v) is 24.7. The fourth-order valence-electron chi connectivity index (χ4n) is 5.27. The highest BCUT2D eigenvalue weighted by atomic mass is 16.5. The first kappa shape index (κ1) is 29.9. The van der Waals surface area contributed by atoms with E-state index in [4.69, 9.17) is 16.2 Å². The molecule has 0 spiro atoms. The van der Waals surface area contributed by atoms with Gasteiger partial charge in [-0.1, -0.05) is 30.3 Å². The van der Waals surface area contributed by atoms with Gasteiger partial charge >= 0.3 is 5.69 Å². The lowest BCUT2D eigenvalue weighted by molar-refractivity contribution is -0.120. The minimum absolute atomic E-state index is 0.218. The molecule has 6 N–H and O–H groups in total. The van der Waals surface area contributed by atoms with Gasteiger partial charge in [0.05, 0.1) is 31.1 Å². The number of anilines is 1. The maximum Gasteiger partial charge on any atom is 0.365 e. The van der Waals surface area contributed by atoms with E-state index < -0.39 is 23.7 Å². The van der Waals surface area contributed by atoms with Crippen molar-refractivity contribution < 1.29 is 14.3 Å². The largest absolute Gasteiger partial charge is 0.494 e. The number of carbonyl (C=O) groups excluding carboxylic acids is 2. The second-order valence-corrected chi connectivity index (χ2v) is 10.5. The van der Waals surface area contributed by atoms with Gasteiger partial charge in [-0.15, -0.1) is 0 Å². The number of H-pyrrole nitrogens is 2. The van der Waals surface area contributed by atoms with Crippen molar-refractivity contribution in [3.8, 4) is 22.7 Å². The van der Waals surface area contributed by atoms with Crippen LogP contribution in [0.4, 0.5) is 5.69 Å². The Bertz CT molecular complexity index is 1850. The zero-order chi connectivity index (χ0) is 31.5. The number of rotatable bonds is 10. The van der Waals surface area contributed by atoms with Crippen LogP contribution in [0.1, 0.15) is 45.8 Å². The van der Waals surface area contributed by atoms with Crippen LogP contribution < -0.4 is 26.8 Å². The number of hydrogen-bond acceptors (Lipinski definition) is 8. The molecular formula is C31H33N9O4. The van der Waals surface area contributed by atoms with Crippen LogP contribution in [0.25, 0.3) is 16.9 Å². The number of primary amides is 1. The van der Waals surface area contributed by atoms with Crippen molar-refractivity contribution in [2.24, 2.45) is 11.5 Å². The first-order valence-corrected chi connectivity index (χ1v) is 13.9. The summed E-state index contributed by atoms with van der Waals surface area (Å²) in [6.07, 6.45) is 1.94. The number of nitrogens with one attached hydrogen (secondary N) is 2. The molecule has 2 heterocycles. The molecule has 0 saturated carbocycles. The molecule has 2 atom stereocenters. The Morgan fingerprint density at radius 2 is 1.77 bits per heavy atom. The van der Waals surface area contributed by atoms with Gasteiger partial charge in [0.2, 0.25) is 11.8 Å². The number of aromatic amines is 2. The van der Waals surface area contributed by atoms with Crippen LogP contribution in [0.2, 0.25) is 0 Å². The molecule has 13 heteroatoms. The van der Waals surface area contributed by atoms with Gasteiger partial charge in [-0.25, -0.2) is 14.9 Å². The van der Waals surface area contributed by atoms with Crippen molar-refractivity contribution in [1.29, 1.82) is 0 Å². The maximum atomic E-state index is 14.3. The smallest absolute Gasteiger partial charge is 0.365 e. The number of ether oxygens (including phenoxy) is 1. The van der Waals surface area contributed by atoms with Gasteiger partial charge in [-0.05, 0) is 84.1 Å². The Morgan fingerprint density at radius 1 is 1.07 bits per heavy atom. The molecule has 44 heavy (non-hydrogen) atoms. The van der Waals surface area contributed by atoms with E-state index >= 15 is 0 Å². The standard InChI is InChI=1S/C31H33N9O4/c1-17-12-21(28(33)41)13-18(2)23(17)15-24(32)30(42)39(19(3)29-34-16-25(35-29)20-8-6-5-7-9-20)22-10-11-26(27(14-22)44-4)40-31(43)36-37-38-40/h5-14,16,19,24H,15,32H2,1-4H3,(H2,33,41)(H,34,35)(H,36,38,43)/t19-,24-/m0/s1. The molecule has 0 fully saturated rings. The molecule has 0 aliphatic carbocycles. The van der Waals surface area contributed by atoms with E-state index in [0.717, 1.165) is 32.6 Å². The Hall–Kier alpha value is -5.56. The van der Waals surface area contributed by atoms with Crippen LogP contribution in [-0.2, 0) is 11.2 Å². The molecule has 0 aliphatic rings. The highest BCUT2D eigenvalue weighted by molar-refractivity contribution is 5.98. The highest BCUT2D eigenvalue weighted by Gasteiger charge is 2.31. The molecule has 13 nitrogen and oxygen atoms in total. The lowest BCUT2D eigenvalue weighted by Gasteiger charge is -2.31. The molecule has 5 aromatic rings. The summed E-state index contributed by atoms with van der Waals surface area (Å²) in [4.78, 5) is 47.7. The molecule has 0 aliphatic heterocycles. The van der Waals surface area contributed by atoms with E-state index in [2.05, 4.69) is 25.5 Å². The number of nitrogens with zero attached hydrogens (tertiary/aromatic N) is 5. The molecule has 0 bridgehead atoms. The summed E-state index contributed by atoms with van der Waals surface area (Å²) in [5, 5.41) is 9.61. The van der Waals surface area contributed by atoms with Gasteiger partial charge in [0, 0.05) is 17.3 Å². The minimum Gasteiger partial charge on any atom is -0.494 e. The van der Waals surface area contributed by atoms with E-state index in [1.165, 1.54) is 7.11 Å². The van der Waals surface area contributed by atoms with Gasteiger partial charge in [-0.3, -0.25) is 9.59 Å². The fourth-order valence-corrected chi connectivity index (χ4v) is 5.27. The summed E-state index contributed by atoms with van der Waals surface area (Å²) in [6, 6.07) is 16.5. The van der Waals surface area contributed by atoms with E-state index in [0.29, 0.717) is 22.8 Å². The monoisotopic (exact) mass is 595 g/mol. The number of nitrogens with two attached hydrogens (primary N) is 2. The summed E-state index contributed by atoms with van der Waals surface area (Å²) in [5.74, 6) is -0.0726. The average molecular weight is 596 g/mol. The lowest BCUT2D eigenvalue weighted by atomic mass is 9.93. The molecule has 0 radical (unpaired) electrons. The first-order chi connectivity index (χ1) is 21.1. The summed E-state index contributed by atoms with van der Waals surface area (Å²) in [5.41, 5.74) is 17.0. The molecule has 0 unspecified atom stereocenters.